The van der Waals surface area contributed by atoms with Crippen LogP contribution < -0.4 is 0 Å². The minimum absolute atomic E-state index is 0.0613. The van der Waals surface area contributed by atoms with Gasteiger partial charge in [0, 0.05) is 30.6 Å². The number of carbonyl (C=O) groups excluding carboxylic acids is 3. The third-order valence-electron chi connectivity index (χ3n) is 6.23. The van der Waals surface area contributed by atoms with Crippen molar-refractivity contribution in [3.8, 4) is 11.3 Å². The van der Waals surface area contributed by atoms with Gasteiger partial charge in [0.2, 0.25) is 5.91 Å². The molecular weight excluding hydrogens is 400 g/mol. The maximum Gasteiger partial charge on any atom is 0.311 e. The van der Waals surface area contributed by atoms with E-state index in [0.717, 1.165) is 5.56 Å². The normalized spacial score (nSPS) is 20.3. The molecule has 1 aromatic heterocycles. The number of esters is 1. The molecule has 8 heteroatoms. The molecule has 2 aromatic rings. The number of furan rings is 1. The van der Waals surface area contributed by atoms with Crippen LogP contribution in [0.15, 0.2) is 47.1 Å². The molecule has 0 aliphatic carbocycles. The molecule has 4 rings (SSSR count). The number of nitrogens with zero attached hydrogens (tertiary/aromatic N) is 2. The van der Waals surface area contributed by atoms with Crippen molar-refractivity contribution in [2.75, 3.05) is 26.8 Å². The van der Waals surface area contributed by atoms with Crippen molar-refractivity contribution in [3.63, 3.8) is 0 Å². The van der Waals surface area contributed by atoms with E-state index in [9.17, 15) is 14.4 Å². The standard InChI is InChI=1S/C23H26N2O6/c1-3-31-25-20(26)15-18(22(28)29-2)23(25)9-11-24(12-10-23)21(27)17-7-4-6-16(14-17)19-8-5-13-30-19/h4-8,13-14,18H,3,9-12,15H2,1-2H3/t18-/m1/s1. The highest BCUT2D eigenvalue weighted by molar-refractivity contribution is 5.95. The third kappa shape index (κ3) is 3.72. The van der Waals surface area contributed by atoms with Gasteiger partial charge in [-0.2, -0.15) is 0 Å². The fraction of sp³-hybridized carbons (Fsp3) is 0.435. The highest BCUT2D eigenvalue weighted by Crippen LogP contribution is 2.44. The van der Waals surface area contributed by atoms with Crippen molar-refractivity contribution >= 4 is 17.8 Å². The topological polar surface area (TPSA) is 89.3 Å². The molecule has 0 saturated carbocycles. The van der Waals surface area contributed by atoms with Gasteiger partial charge in [-0.05, 0) is 44.0 Å². The van der Waals surface area contributed by atoms with Crippen molar-refractivity contribution in [2.45, 2.75) is 31.7 Å². The van der Waals surface area contributed by atoms with E-state index in [1.54, 1.807) is 30.2 Å². The number of benzene rings is 1. The lowest BCUT2D eigenvalue weighted by atomic mass is 9.77. The summed E-state index contributed by atoms with van der Waals surface area (Å²) < 4.78 is 10.4. The number of likely N-dealkylation sites (tertiary alicyclic amines) is 1. The molecule has 2 saturated heterocycles. The van der Waals surface area contributed by atoms with Gasteiger partial charge in [-0.1, -0.05) is 12.1 Å². The summed E-state index contributed by atoms with van der Waals surface area (Å²) in [6.07, 6.45) is 2.55. The lowest BCUT2D eigenvalue weighted by molar-refractivity contribution is -0.220. The van der Waals surface area contributed by atoms with E-state index < -0.39 is 17.4 Å². The van der Waals surface area contributed by atoms with Crippen LogP contribution in [-0.4, -0.2) is 60.1 Å². The summed E-state index contributed by atoms with van der Waals surface area (Å²) in [5.41, 5.74) is 0.616. The monoisotopic (exact) mass is 426 g/mol. The average molecular weight is 426 g/mol. The quantitative estimate of drug-likeness (QED) is 0.683. The van der Waals surface area contributed by atoms with Crippen LogP contribution in [0.4, 0.5) is 0 Å². The second kappa shape index (κ2) is 8.55. The van der Waals surface area contributed by atoms with E-state index >= 15 is 0 Å². The number of methoxy groups -OCH3 is 1. The number of rotatable bonds is 5. The van der Waals surface area contributed by atoms with Gasteiger partial charge in [0.1, 0.15) is 5.76 Å². The molecule has 8 nitrogen and oxygen atoms in total. The zero-order valence-corrected chi connectivity index (χ0v) is 17.7. The first kappa shape index (κ1) is 21.1. The number of amides is 2. The minimum atomic E-state index is -0.785. The van der Waals surface area contributed by atoms with Gasteiger partial charge in [-0.25, -0.2) is 5.06 Å². The van der Waals surface area contributed by atoms with Gasteiger partial charge in [0.15, 0.2) is 0 Å². The first-order chi connectivity index (χ1) is 15.0. The molecule has 31 heavy (non-hydrogen) atoms. The molecule has 164 valence electrons. The van der Waals surface area contributed by atoms with Crippen LogP contribution in [0.1, 0.15) is 36.5 Å². The summed E-state index contributed by atoms with van der Waals surface area (Å²) in [4.78, 5) is 45.5. The summed E-state index contributed by atoms with van der Waals surface area (Å²) in [5.74, 6) is -0.629. The highest BCUT2D eigenvalue weighted by atomic mass is 16.7. The van der Waals surface area contributed by atoms with Crippen molar-refractivity contribution < 1.29 is 28.4 Å². The smallest absolute Gasteiger partial charge is 0.311 e. The Balaban J connectivity index is 1.53. The van der Waals surface area contributed by atoms with Crippen LogP contribution >= 0.6 is 0 Å². The predicted molar refractivity (Wildman–Crippen MR) is 111 cm³/mol. The fourth-order valence-corrected chi connectivity index (χ4v) is 4.69. The number of hydrogen-bond donors (Lipinski definition) is 0. The molecule has 1 spiro atoms. The Bertz CT molecular complexity index is 962. The first-order valence-electron chi connectivity index (χ1n) is 10.5. The van der Waals surface area contributed by atoms with Crippen LogP contribution in [0, 0.1) is 5.92 Å². The van der Waals surface area contributed by atoms with Crippen LogP contribution in [-0.2, 0) is 19.2 Å². The first-order valence-corrected chi connectivity index (χ1v) is 10.5. The van der Waals surface area contributed by atoms with E-state index in [-0.39, 0.29) is 18.2 Å². The summed E-state index contributed by atoms with van der Waals surface area (Å²) in [7, 11) is 1.33. The maximum absolute atomic E-state index is 13.2. The fourth-order valence-electron chi connectivity index (χ4n) is 4.69. The third-order valence-corrected chi connectivity index (χ3v) is 6.23. The van der Waals surface area contributed by atoms with Gasteiger partial charge in [0.25, 0.3) is 5.91 Å². The summed E-state index contributed by atoms with van der Waals surface area (Å²) in [6, 6.07) is 11.0. The van der Waals surface area contributed by atoms with Gasteiger partial charge in [-0.15, -0.1) is 0 Å². The van der Waals surface area contributed by atoms with E-state index in [1.165, 1.54) is 12.2 Å². The summed E-state index contributed by atoms with van der Waals surface area (Å²) in [5, 5.41) is 1.37. The second-order valence-electron chi connectivity index (χ2n) is 7.84. The Morgan fingerprint density at radius 3 is 2.61 bits per heavy atom. The lowest BCUT2D eigenvalue weighted by Gasteiger charge is -2.45. The van der Waals surface area contributed by atoms with Crippen LogP contribution in [0.3, 0.4) is 0 Å². The molecule has 2 aliphatic heterocycles. The van der Waals surface area contributed by atoms with E-state index in [4.69, 9.17) is 14.0 Å². The molecule has 0 bridgehead atoms. The largest absolute Gasteiger partial charge is 0.469 e. The summed E-state index contributed by atoms with van der Waals surface area (Å²) in [6.45, 7) is 2.95. The molecular formula is C23H26N2O6. The van der Waals surface area contributed by atoms with Gasteiger partial charge < -0.3 is 14.1 Å². The molecule has 0 N–H and O–H groups in total. The van der Waals surface area contributed by atoms with E-state index in [2.05, 4.69) is 0 Å². The Labute approximate surface area is 180 Å². The van der Waals surface area contributed by atoms with Crippen LogP contribution in [0.2, 0.25) is 0 Å². The number of piperidine rings is 1. The molecule has 2 aliphatic rings. The van der Waals surface area contributed by atoms with Crippen molar-refractivity contribution in [3.05, 3.63) is 48.2 Å². The van der Waals surface area contributed by atoms with Crippen molar-refractivity contribution in [1.82, 2.24) is 9.96 Å². The number of hydroxylamine groups is 2. The van der Waals surface area contributed by atoms with Crippen LogP contribution in [0.25, 0.3) is 11.3 Å². The molecule has 1 atom stereocenters. The Hall–Kier alpha value is -3.13. The number of carbonyl (C=O) groups is 3. The summed E-state index contributed by atoms with van der Waals surface area (Å²) >= 11 is 0. The van der Waals surface area contributed by atoms with Crippen molar-refractivity contribution in [2.24, 2.45) is 5.92 Å². The van der Waals surface area contributed by atoms with Gasteiger partial charge >= 0.3 is 5.97 Å². The van der Waals surface area contributed by atoms with E-state index in [1.807, 2.05) is 24.3 Å². The van der Waals surface area contributed by atoms with E-state index in [0.29, 0.717) is 43.9 Å². The van der Waals surface area contributed by atoms with Crippen molar-refractivity contribution in [1.29, 1.82) is 0 Å². The molecule has 0 radical (unpaired) electrons. The SMILES string of the molecule is CCON1C(=O)C[C@H](C(=O)OC)C12CCN(C(=O)c1cccc(-c3ccco3)c1)CC2. The van der Waals surface area contributed by atoms with Gasteiger partial charge in [0.05, 0.1) is 31.4 Å². The predicted octanol–water partition coefficient (Wildman–Crippen LogP) is 2.89. The Kier molecular flexibility index (Phi) is 5.82. The molecule has 1 aromatic carbocycles. The Morgan fingerprint density at radius 2 is 1.97 bits per heavy atom. The van der Waals surface area contributed by atoms with Crippen LogP contribution in [0.5, 0.6) is 0 Å². The lowest BCUT2D eigenvalue weighted by Crippen LogP contribution is -2.58. The number of ether oxygens (including phenoxy) is 1. The number of hydrogen-bond acceptors (Lipinski definition) is 6. The minimum Gasteiger partial charge on any atom is -0.469 e. The molecule has 2 fully saturated rings. The second-order valence-corrected chi connectivity index (χ2v) is 7.84. The highest BCUT2D eigenvalue weighted by Gasteiger charge is 2.58. The molecule has 3 heterocycles. The Morgan fingerprint density at radius 1 is 1.19 bits per heavy atom. The maximum atomic E-state index is 13.2. The average Bonchev–Trinajstić information content (AvgIpc) is 3.43. The molecule has 2 amide bonds. The van der Waals surface area contributed by atoms with Gasteiger partial charge in [-0.3, -0.25) is 19.2 Å². The molecule has 0 unspecified atom stereocenters. The zero-order valence-electron chi connectivity index (χ0n) is 17.7. The zero-order chi connectivity index (χ0) is 22.0.